The predicted molar refractivity (Wildman–Crippen MR) is 57.2 cm³/mol. The van der Waals surface area contributed by atoms with Crippen LogP contribution in [0.3, 0.4) is 0 Å². The van der Waals surface area contributed by atoms with Gasteiger partial charge in [0.05, 0.1) is 6.20 Å². The van der Waals surface area contributed by atoms with Crippen LogP contribution in [0.1, 0.15) is 0 Å². The Labute approximate surface area is 85.1 Å². The highest BCUT2D eigenvalue weighted by molar-refractivity contribution is 9.10. The Morgan fingerprint density at radius 3 is 2.85 bits per heavy atom. The number of halogens is 1. The summed E-state index contributed by atoms with van der Waals surface area (Å²) in [5.41, 5.74) is 0.965. The molecule has 0 aromatic carbocycles. The van der Waals surface area contributed by atoms with E-state index in [-0.39, 0.29) is 0 Å². The van der Waals surface area contributed by atoms with E-state index in [1.165, 1.54) is 0 Å². The predicted octanol–water partition coefficient (Wildman–Crippen LogP) is 2.16. The summed E-state index contributed by atoms with van der Waals surface area (Å²) in [6.45, 7) is 0. The molecule has 3 nitrogen and oxygen atoms in total. The van der Waals surface area contributed by atoms with Gasteiger partial charge in [0.1, 0.15) is 11.5 Å². The number of fused-ring (bicyclic) bond motifs is 1. The van der Waals surface area contributed by atoms with Gasteiger partial charge in [-0.2, -0.15) is 0 Å². The third-order valence-corrected chi connectivity index (χ3v) is 2.38. The molecular formula is C9H10BrN3. The molecule has 0 saturated heterocycles. The van der Waals surface area contributed by atoms with E-state index >= 15 is 0 Å². The van der Waals surface area contributed by atoms with Crippen LogP contribution in [0.15, 0.2) is 29.0 Å². The van der Waals surface area contributed by atoms with E-state index in [1.54, 1.807) is 0 Å². The number of nitrogens with zero attached hydrogens (tertiary/aromatic N) is 3. The van der Waals surface area contributed by atoms with Gasteiger partial charge in [-0.05, 0) is 28.1 Å². The van der Waals surface area contributed by atoms with Gasteiger partial charge in [-0.25, -0.2) is 4.98 Å². The molecule has 2 aromatic heterocycles. The van der Waals surface area contributed by atoms with Crippen molar-refractivity contribution in [3.8, 4) is 0 Å². The lowest BCUT2D eigenvalue weighted by Crippen LogP contribution is -2.10. The maximum absolute atomic E-state index is 4.28. The Kier molecular flexibility index (Phi) is 2.00. The molecule has 0 atom stereocenters. The zero-order chi connectivity index (χ0) is 9.42. The van der Waals surface area contributed by atoms with Crippen LogP contribution < -0.4 is 4.90 Å². The quantitative estimate of drug-likeness (QED) is 0.761. The molecule has 0 amide bonds. The Balaban J connectivity index is 2.71. The number of hydrogen-bond acceptors (Lipinski definition) is 2. The highest BCUT2D eigenvalue weighted by atomic mass is 79.9. The Morgan fingerprint density at radius 1 is 1.38 bits per heavy atom. The molecule has 2 aromatic rings. The van der Waals surface area contributed by atoms with Crippen LogP contribution in [0.5, 0.6) is 0 Å². The van der Waals surface area contributed by atoms with Crippen molar-refractivity contribution in [1.29, 1.82) is 0 Å². The van der Waals surface area contributed by atoms with Crippen molar-refractivity contribution >= 4 is 27.4 Å². The normalized spacial score (nSPS) is 10.7. The summed E-state index contributed by atoms with van der Waals surface area (Å²) in [4.78, 5) is 6.32. The minimum atomic E-state index is 0.965. The average Bonchev–Trinajstić information content (AvgIpc) is 2.46. The zero-order valence-electron chi connectivity index (χ0n) is 7.53. The van der Waals surface area contributed by atoms with Crippen LogP contribution in [0.4, 0.5) is 5.82 Å². The van der Waals surface area contributed by atoms with Gasteiger partial charge in [0, 0.05) is 24.8 Å². The zero-order valence-corrected chi connectivity index (χ0v) is 9.12. The molecule has 0 saturated carbocycles. The van der Waals surface area contributed by atoms with E-state index in [1.807, 2.05) is 47.9 Å². The topological polar surface area (TPSA) is 20.5 Å². The fraction of sp³-hybridized carbons (Fsp3) is 0.222. The van der Waals surface area contributed by atoms with Crippen LogP contribution in [0.25, 0.3) is 5.65 Å². The van der Waals surface area contributed by atoms with Crippen molar-refractivity contribution in [1.82, 2.24) is 9.38 Å². The number of anilines is 1. The summed E-state index contributed by atoms with van der Waals surface area (Å²) in [6.07, 6.45) is 3.87. The second-order valence-corrected chi connectivity index (χ2v) is 4.00. The minimum absolute atomic E-state index is 0.965. The lowest BCUT2D eigenvalue weighted by atomic mass is 10.5. The Morgan fingerprint density at radius 2 is 2.15 bits per heavy atom. The first-order valence-corrected chi connectivity index (χ1v) is 4.78. The average molecular weight is 240 g/mol. The summed E-state index contributed by atoms with van der Waals surface area (Å²) < 4.78 is 3.10. The number of pyridine rings is 1. The monoisotopic (exact) mass is 239 g/mol. The smallest absolute Gasteiger partial charge is 0.138 e. The molecule has 13 heavy (non-hydrogen) atoms. The first kappa shape index (κ1) is 8.56. The summed E-state index contributed by atoms with van der Waals surface area (Å²) in [6, 6.07) is 3.97. The fourth-order valence-electron chi connectivity index (χ4n) is 1.27. The maximum atomic E-state index is 4.28. The van der Waals surface area contributed by atoms with Gasteiger partial charge in [0.25, 0.3) is 0 Å². The number of rotatable bonds is 1. The second-order valence-electron chi connectivity index (χ2n) is 3.09. The summed E-state index contributed by atoms with van der Waals surface area (Å²) in [7, 11) is 4.01. The Hall–Kier alpha value is -1.03. The molecule has 2 rings (SSSR count). The van der Waals surface area contributed by atoms with E-state index < -0.39 is 0 Å². The lowest BCUT2D eigenvalue weighted by Gasteiger charge is -2.10. The van der Waals surface area contributed by atoms with Gasteiger partial charge in [0.2, 0.25) is 0 Å². The van der Waals surface area contributed by atoms with Gasteiger partial charge in [0.15, 0.2) is 0 Å². The highest BCUT2D eigenvalue weighted by Crippen LogP contribution is 2.17. The van der Waals surface area contributed by atoms with Crippen LogP contribution >= 0.6 is 15.9 Å². The SMILES string of the molecule is CN(C)c1cnc2ccc(Br)cn12. The molecule has 0 fully saturated rings. The van der Waals surface area contributed by atoms with E-state index in [4.69, 9.17) is 0 Å². The third kappa shape index (κ3) is 1.42. The standard InChI is InChI=1S/C9H10BrN3/c1-12(2)9-5-11-8-4-3-7(10)6-13(8)9/h3-6H,1-2H3. The van der Waals surface area contributed by atoms with Crippen LogP contribution in [-0.4, -0.2) is 23.5 Å². The molecule has 0 radical (unpaired) electrons. The number of aromatic nitrogens is 2. The molecule has 0 N–H and O–H groups in total. The van der Waals surface area contributed by atoms with Gasteiger partial charge < -0.3 is 4.90 Å². The molecule has 2 heterocycles. The van der Waals surface area contributed by atoms with E-state index in [2.05, 4.69) is 20.9 Å². The lowest BCUT2D eigenvalue weighted by molar-refractivity contribution is 1.03. The first-order valence-electron chi connectivity index (χ1n) is 3.98. The number of hydrogen-bond donors (Lipinski definition) is 0. The molecule has 0 unspecified atom stereocenters. The van der Waals surface area contributed by atoms with Crippen molar-refractivity contribution in [3.63, 3.8) is 0 Å². The van der Waals surface area contributed by atoms with Crippen molar-refractivity contribution in [2.45, 2.75) is 0 Å². The summed E-state index contributed by atoms with van der Waals surface area (Å²) >= 11 is 3.43. The van der Waals surface area contributed by atoms with Gasteiger partial charge >= 0.3 is 0 Å². The first-order chi connectivity index (χ1) is 6.18. The summed E-state index contributed by atoms with van der Waals surface area (Å²) in [5.74, 6) is 1.08. The largest absolute Gasteiger partial charge is 0.363 e. The van der Waals surface area contributed by atoms with E-state index in [0.717, 1.165) is 15.9 Å². The van der Waals surface area contributed by atoms with Crippen LogP contribution in [0, 0.1) is 0 Å². The molecule has 0 aliphatic rings. The molecule has 4 heteroatoms. The highest BCUT2D eigenvalue weighted by Gasteiger charge is 2.03. The van der Waals surface area contributed by atoms with Crippen molar-refractivity contribution < 1.29 is 0 Å². The summed E-state index contributed by atoms with van der Waals surface area (Å²) in [5, 5.41) is 0. The molecule has 0 bridgehead atoms. The van der Waals surface area contributed by atoms with Crippen LogP contribution in [0.2, 0.25) is 0 Å². The van der Waals surface area contributed by atoms with Gasteiger partial charge in [-0.15, -0.1) is 0 Å². The maximum Gasteiger partial charge on any atom is 0.138 e. The second kappa shape index (κ2) is 3.03. The molecular weight excluding hydrogens is 230 g/mol. The fourth-order valence-corrected chi connectivity index (χ4v) is 1.61. The Bertz CT molecular complexity index is 433. The van der Waals surface area contributed by atoms with Crippen molar-refractivity contribution in [2.24, 2.45) is 0 Å². The molecule has 0 spiro atoms. The van der Waals surface area contributed by atoms with Crippen LogP contribution in [-0.2, 0) is 0 Å². The van der Waals surface area contributed by atoms with Gasteiger partial charge in [-0.3, -0.25) is 4.40 Å². The molecule has 68 valence electrons. The number of imidazole rings is 1. The van der Waals surface area contributed by atoms with Crippen molar-refractivity contribution in [2.75, 3.05) is 19.0 Å². The van der Waals surface area contributed by atoms with E-state index in [9.17, 15) is 0 Å². The van der Waals surface area contributed by atoms with E-state index in [0.29, 0.717) is 0 Å². The molecule has 0 aliphatic heterocycles. The third-order valence-electron chi connectivity index (χ3n) is 1.91. The minimum Gasteiger partial charge on any atom is -0.363 e. The van der Waals surface area contributed by atoms with Gasteiger partial charge in [-0.1, -0.05) is 0 Å². The van der Waals surface area contributed by atoms with Crippen molar-refractivity contribution in [3.05, 3.63) is 29.0 Å². The molecule has 0 aliphatic carbocycles.